The SMILES string of the molecule is C#CCO[C@H]1C[C@H](n2cc(C(F)(F)F)c(=O)[nH]c2=O)O[C@@H]1CO[Si](C)(C)C(C)(C)C. The second-order valence-electron chi connectivity index (χ2n) is 8.70. The van der Waals surface area contributed by atoms with Crippen LogP contribution >= 0.6 is 0 Å². The van der Waals surface area contributed by atoms with Gasteiger partial charge >= 0.3 is 11.9 Å². The molecule has 168 valence electrons. The minimum atomic E-state index is -4.91. The van der Waals surface area contributed by atoms with Crippen LogP contribution in [0.5, 0.6) is 0 Å². The summed E-state index contributed by atoms with van der Waals surface area (Å²) in [7, 11) is -2.13. The Bertz CT molecular complexity index is 911. The first-order valence-electron chi connectivity index (χ1n) is 9.44. The largest absolute Gasteiger partial charge is 0.423 e. The highest BCUT2D eigenvalue weighted by molar-refractivity contribution is 6.74. The van der Waals surface area contributed by atoms with Gasteiger partial charge in [-0.1, -0.05) is 26.7 Å². The lowest BCUT2D eigenvalue weighted by Crippen LogP contribution is -2.44. The summed E-state index contributed by atoms with van der Waals surface area (Å²) in [6, 6.07) is 0. The fourth-order valence-corrected chi connectivity index (χ4v) is 3.77. The molecule has 2 heterocycles. The summed E-state index contributed by atoms with van der Waals surface area (Å²) in [5.74, 6) is 2.34. The van der Waals surface area contributed by atoms with Gasteiger partial charge in [-0.15, -0.1) is 6.42 Å². The number of nitrogens with one attached hydrogen (secondary N) is 1. The van der Waals surface area contributed by atoms with Gasteiger partial charge in [-0.2, -0.15) is 13.2 Å². The van der Waals surface area contributed by atoms with Crippen LogP contribution in [-0.2, 0) is 20.1 Å². The van der Waals surface area contributed by atoms with Crippen molar-refractivity contribution in [3.63, 3.8) is 0 Å². The van der Waals surface area contributed by atoms with Gasteiger partial charge in [0.25, 0.3) is 5.56 Å². The number of alkyl halides is 3. The van der Waals surface area contributed by atoms with Crippen molar-refractivity contribution in [3.05, 3.63) is 32.6 Å². The van der Waals surface area contributed by atoms with Crippen LogP contribution in [0.3, 0.4) is 0 Å². The standard InChI is InChI=1S/C19H27F3N2O5Si/c1-7-8-27-13-9-15(29-14(13)11-28-30(5,6)18(2,3)4)24-10-12(19(20,21)22)16(25)23-17(24)26/h1,10,13-15H,8-9,11H2,2-6H3,(H,23,25,26)/t13-,14+,15+/m0/s1. The Hall–Kier alpha value is -1.87. The van der Waals surface area contributed by atoms with Crippen LogP contribution in [0, 0.1) is 12.3 Å². The molecular weight excluding hydrogens is 421 g/mol. The molecule has 11 heteroatoms. The lowest BCUT2D eigenvalue weighted by atomic mass is 10.2. The molecular formula is C19H27F3N2O5Si. The molecule has 0 aliphatic carbocycles. The van der Waals surface area contributed by atoms with Gasteiger partial charge in [0.05, 0.1) is 12.7 Å². The van der Waals surface area contributed by atoms with Gasteiger partial charge in [-0.25, -0.2) is 4.79 Å². The van der Waals surface area contributed by atoms with Gasteiger partial charge in [0.15, 0.2) is 8.32 Å². The molecule has 1 fully saturated rings. The maximum atomic E-state index is 13.1. The van der Waals surface area contributed by atoms with Crippen molar-refractivity contribution in [2.24, 2.45) is 0 Å². The minimum Gasteiger partial charge on any atom is -0.414 e. The Morgan fingerprint density at radius 1 is 1.33 bits per heavy atom. The van der Waals surface area contributed by atoms with Gasteiger partial charge in [0.1, 0.15) is 24.5 Å². The van der Waals surface area contributed by atoms with Crippen molar-refractivity contribution in [2.45, 2.75) is 69.9 Å². The highest BCUT2D eigenvalue weighted by Gasteiger charge is 2.43. The molecule has 0 unspecified atom stereocenters. The fourth-order valence-electron chi connectivity index (χ4n) is 2.76. The topological polar surface area (TPSA) is 82.6 Å². The lowest BCUT2D eigenvalue weighted by molar-refractivity contribution is -0.139. The first-order valence-corrected chi connectivity index (χ1v) is 12.4. The first kappa shape index (κ1) is 24.4. The van der Waals surface area contributed by atoms with Crippen LogP contribution in [0.25, 0.3) is 0 Å². The molecule has 1 N–H and O–H groups in total. The van der Waals surface area contributed by atoms with Crippen LogP contribution in [-0.4, -0.2) is 43.3 Å². The van der Waals surface area contributed by atoms with E-state index in [-0.39, 0.29) is 24.7 Å². The smallest absolute Gasteiger partial charge is 0.414 e. The molecule has 7 nitrogen and oxygen atoms in total. The van der Waals surface area contributed by atoms with Crippen LogP contribution in [0.2, 0.25) is 18.1 Å². The number of hydrogen-bond donors (Lipinski definition) is 1. The van der Waals surface area contributed by atoms with Crippen molar-refractivity contribution < 1.29 is 27.1 Å². The molecule has 0 saturated carbocycles. The second-order valence-corrected chi connectivity index (χ2v) is 13.5. The van der Waals surface area contributed by atoms with E-state index in [1.54, 1.807) is 4.98 Å². The van der Waals surface area contributed by atoms with E-state index in [4.69, 9.17) is 20.3 Å². The molecule has 3 atom stereocenters. The van der Waals surface area contributed by atoms with Crippen molar-refractivity contribution in [1.29, 1.82) is 0 Å². The van der Waals surface area contributed by atoms with Crippen molar-refractivity contribution >= 4 is 8.32 Å². The maximum absolute atomic E-state index is 13.1. The normalized spacial score (nSPS) is 22.8. The van der Waals surface area contributed by atoms with Crippen molar-refractivity contribution in [1.82, 2.24) is 9.55 Å². The number of aromatic nitrogens is 2. The Kier molecular flexibility index (Phi) is 7.08. The Morgan fingerprint density at radius 3 is 2.50 bits per heavy atom. The van der Waals surface area contributed by atoms with Gasteiger partial charge in [0, 0.05) is 12.6 Å². The van der Waals surface area contributed by atoms with E-state index in [2.05, 4.69) is 39.8 Å². The number of H-pyrrole nitrogens is 1. The molecule has 1 aliphatic rings. The van der Waals surface area contributed by atoms with Gasteiger partial charge < -0.3 is 13.9 Å². The molecule has 0 radical (unpaired) electrons. The summed E-state index contributed by atoms with van der Waals surface area (Å²) in [6.07, 6.45) is -1.39. The third-order valence-electron chi connectivity index (χ3n) is 5.56. The molecule has 0 bridgehead atoms. The number of terminal acetylenes is 1. The molecule has 0 amide bonds. The zero-order valence-corrected chi connectivity index (χ0v) is 18.6. The number of aromatic amines is 1. The first-order chi connectivity index (χ1) is 13.7. The average molecular weight is 449 g/mol. The van der Waals surface area contributed by atoms with Gasteiger partial charge in [-0.05, 0) is 18.1 Å². The van der Waals surface area contributed by atoms with E-state index in [0.717, 1.165) is 4.57 Å². The third-order valence-corrected chi connectivity index (χ3v) is 10.1. The van der Waals surface area contributed by atoms with Crippen LogP contribution in [0.1, 0.15) is 39.0 Å². The summed E-state index contributed by atoms with van der Waals surface area (Å²) in [5, 5.41) is -0.0579. The lowest BCUT2D eigenvalue weighted by Gasteiger charge is -2.37. The quantitative estimate of drug-likeness (QED) is 0.535. The van der Waals surface area contributed by atoms with Crippen molar-refractivity contribution in [2.75, 3.05) is 13.2 Å². The van der Waals surface area contributed by atoms with E-state index in [1.807, 2.05) is 0 Å². The molecule has 1 saturated heterocycles. The molecule has 0 aromatic carbocycles. The van der Waals surface area contributed by atoms with E-state index in [1.165, 1.54) is 0 Å². The summed E-state index contributed by atoms with van der Waals surface area (Å²) in [4.78, 5) is 25.4. The summed E-state index contributed by atoms with van der Waals surface area (Å²) >= 11 is 0. The molecule has 1 aliphatic heterocycles. The molecule has 2 rings (SSSR count). The second kappa shape index (κ2) is 8.70. The number of ether oxygens (including phenoxy) is 2. The summed E-state index contributed by atoms with van der Waals surface area (Å²) in [5.41, 5.74) is -3.98. The van der Waals surface area contributed by atoms with Crippen LogP contribution in [0.4, 0.5) is 13.2 Å². The van der Waals surface area contributed by atoms with E-state index < -0.39 is 49.7 Å². The Morgan fingerprint density at radius 2 is 1.97 bits per heavy atom. The minimum absolute atomic E-state index is 0.0222. The molecule has 0 spiro atoms. The van der Waals surface area contributed by atoms with E-state index in [9.17, 15) is 22.8 Å². The number of hydrogen-bond acceptors (Lipinski definition) is 5. The van der Waals surface area contributed by atoms with Crippen molar-refractivity contribution in [3.8, 4) is 12.3 Å². The number of rotatable bonds is 6. The summed E-state index contributed by atoms with van der Waals surface area (Å²) < 4.78 is 57.6. The molecule has 1 aromatic rings. The highest BCUT2D eigenvalue weighted by atomic mass is 28.4. The average Bonchev–Trinajstić information content (AvgIpc) is 2.99. The van der Waals surface area contributed by atoms with Gasteiger partial charge in [-0.3, -0.25) is 14.3 Å². The number of nitrogens with zero attached hydrogens (tertiary/aromatic N) is 1. The van der Waals surface area contributed by atoms with Crippen LogP contribution in [0.15, 0.2) is 15.8 Å². The predicted molar refractivity (Wildman–Crippen MR) is 107 cm³/mol. The highest BCUT2D eigenvalue weighted by Crippen LogP contribution is 2.38. The molecule has 30 heavy (non-hydrogen) atoms. The Balaban J connectivity index is 2.29. The van der Waals surface area contributed by atoms with E-state index >= 15 is 0 Å². The molecule has 1 aromatic heterocycles. The monoisotopic (exact) mass is 448 g/mol. The van der Waals surface area contributed by atoms with Crippen LogP contribution < -0.4 is 11.2 Å². The third kappa shape index (κ3) is 5.43. The fraction of sp³-hybridized carbons (Fsp3) is 0.684. The van der Waals surface area contributed by atoms with Gasteiger partial charge in [0.2, 0.25) is 0 Å². The zero-order valence-electron chi connectivity index (χ0n) is 17.6. The maximum Gasteiger partial charge on any atom is 0.423 e. The Labute approximate surface area is 173 Å². The summed E-state index contributed by atoms with van der Waals surface area (Å²) in [6.45, 7) is 10.4. The van der Waals surface area contributed by atoms with E-state index in [0.29, 0.717) is 6.20 Å². The zero-order chi connectivity index (χ0) is 22.9. The predicted octanol–water partition coefficient (Wildman–Crippen LogP) is 2.88. The number of halogens is 3.